The van der Waals surface area contributed by atoms with Gasteiger partial charge in [-0.15, -0.1) is 0 Å². The molecular weight excluding hydrogens is 338 g/mol. The summed E-state index contributed by atoms with van der Waals surface area (Å²) < 4.78 is 32.7. The van der Waals surface area contributed by atoms with Crippen LogP contribution in [0, 0.1) is 0 Å². The Balaban J connectivity index is 2.05. The summed E-state index contributed by atoms with van der Waals surface area (Å²) in [5.41, 5.74) is -0.336. The average Bonchev–Trinajstić information content (AvgIpc) is 2.97. The fourth-order valence-electron chi connectivity index (χ4n) is 2.24. The van der Waals surface area contributed by atoms with Gasteiger partial charge in [-0.05, 0) is 6.42 Å². The molecule has 0 atom stereocenters. The van der Waals surface area contributed by atoms with Crippen LogP contribution in [0.5, 0.6) is 0 Å². The molecule has 0 spiro atoms. The second-order valence-electron chi connectivity index (χ2n) is 5.40. The highest BCUT2D eigenvalue weighted by atomic mass is 32.2. The molecule has 0 aliphatic carbocycles. The minimum absolute atomic E-state index is 0.0910. The zero-order valence-corrected chi connectivity index (χ0v) is 14.6. The smallest absolute Gasteiger partial charge is 0.332 e. The Bertz CT molecular complexity index is 940. The molecule has 0 bridgehead atoms. The first kappa shape index (κ1) is 18.4. The van der Waals surface area contributed by atoms with E-state index in [2.05, 4.69) is 14.7 Å². The number of fused-ring (bicyclic) bond motifs is 1. The Morgan fingerprint density at radius 1 is 1.25 bits per heavy atom. The molecule has 0 radical (unpaired) electrons. The van der Waals surface area contributed by atoms with E-state index >= 15 is 0 Å². The lowest BCUT2D eigenvalue weighted by Gasteiger charge is -2.05. The van der Waals surface area contributed by atoms with Crippen LogP contribution in [0.3, 0.4) is 0 Å². The van der Waals surface area contributed by atoms with Gasteiger partial charge in [-0.3, -0.25) is 13.9 Å². The van der Waals surface area contributed by atoms with Gasteiger partial charge in [0, 0.05) is 34.2 Å². The van der Waals surface area contributed by atoms with E-state index < -0.39 is 21.3 Å². The van der Waals surface area contributed by atoms with E-state index in [9.17, 15) is 18.0 Å². The molecule has 10 nitrogen and oxygen atoms in total. The standard InChI is InChI=1S/C13H21N5O5S/c1-17-11-10(12(19)18(2)13(17)20)15-9(16-11)5-4-6-14-24(21,22)8-7-23-3/h14H,4-8H2,1-3H3,(H,15,16). The zero-order chi connectivity index (χ0) is 17.9. The molecule has 2 aromatic rings. The third kappa shape index (κ3) is 3.91. The number of imidazole rings is 1. The minimum atomic E-state index is -3.35. The summed E-state index contributed by atoms with van der Waals surface area (Å²) in [7, 11) is 1.03. The number of methoxy groups -OCH3 is 1. The number of hydrogen-bond donors (Lipinski definition) is 2. The van der Waals surface area contributed by atoms with Crippen LogP contribution in [0.4, 0.5) is 0 Å². The van der Waals surface area contributed by atoms with Gasteiger partial charge in [0.25, 0.3) is 5.56 Å². The van der Waals surface area contributed by atoms with E-state index in [-0.39, 0.29) is 24.4 Å². The molecule has 0 fully saturated rings. The molecule has 134 valence electrons. The van der Waals surface area contributed by atoms with E-state index in [0.717, 1.165) is 4.57 Å². The summed E-state index contributed by atoms with van der Waals surface area (Å²) in [6, 6.07) is 0. The Kier molecular flexibility index (Phi) is 5.57. The molecule has 0 aliphatic rings. The van der Waals surface area contributed by atoms with Crippen LogP contribution in [0.2, 0.25) is 0 Å². The molecule has 2 rings (SSSR count). The number of sulfonamides is 1. The van der Waals surface area contributed by atoms with Gasteiger partial charge in [0.2, 0.25) is 10.0 Å². The lowest BCUT2D eigenvalue weighted by molar-refractivity contribution is 0.217. The lowest BCUT2D eigenvalue weighted by atomic mass is 10.3. The molecule has 24 heavy (non-hydrogen) atoms. The molecule has 0 amide bonds. The van der Waals surface area contributed by atoms with Crippen LogP contribution >= 0.6 is 0 Å². The van der Waals surface area contributed by atoms with E-state index in [1.165, 1.54) is 18.7 Å². The number of ether oxygens (including phenoxy) is 1. The molecule has 0 unspecified atom stereocenters. The van der Waals surface area contributed by atoms with Gasteiger partial charge in [0.1, 0.15) is 11.3 Å². The molecule has 0 saturated carbocycles. The molecule has 2 heterocycles. The molecule has 2 N–H and O–H groups in total. The maximum Gasteiger partial charge on any atom is 0.332 e. The second-order valence-corrected chi connectivity index (χ2v) is 7.32. The topological polar surface area (TPSA) is 128 Å². The van der Waals surface area contributed by atoms with Gasteiger partial charge in [-0.2, -0.15) is 0 Å². The van der Waals surface area contributed by atoms with Gasteiger partial charge >= 0.3 is 5.69 Å². The van der Waals surface area contributed by atoms with Crippen molar-refractivity contribution in [1.82, 2.24) is 23.8 Å². The second kappa shape index (κ2) is 7.28. The molecular formula is C13H21N5O5S. The molecule has 0 aliphatic heterocycles. The van der Waals surface area contributed by atoms with Gasteiger partial charge < -0.3 is 9.72 Å². The Morgan fingerprint density at radius 3 is 2.62 bits per heavy atom. The highest BCUT2D eigenvalue weighted by Gasteiger charge is 2.13. The first-order valence-electron chi connectivity index (χ1n) is 7.37. The maximum absolute atomic E-state index is 12.1. The van der Waals surface area contributed by atoms with Crippen LogP contribution < -0.4 is 16.0 Å². The van der Waals surface area contributed by atoms with Crippen LogP contribution in [0.1, 0.15) is 12.2 Å². The Morgan fingerprint density at radius 2 is 1.96 bits per heavy atom. The summed E-state index contributed by atoms with van der Waals surface area (Å²) in [4.78, 5) is 31.1. The Labute approximate surface area is 138 Å². The number of aromatic nitrogens is 4. The van der Waals surface area contributed by atoms with Gasteiger partial charge in [-0.25, -0.2) is 22.9 Å². The lowest BCUT2D eigenvalue weighted by Crippen LogP contribution is -2.36. The first-order valence-corrected chi connectivity index (χ1v) is 9.03. The van der Waals surface area contributed by atoms with Gasteiger partial charge in [-0.1, -0.05) is 0 Å². The number of aromatic amines is 1. The van der Waals surface area contributed by atoms with Crippen molar-refractivity contribution in [1.29, 1.82) is 0 Å². The normalized spacial score (nSPS) is 12.1. The molecule has 2 aromatic heterocycles. The van der Waals surface area contributed by atoms with E-state index in [1.807, 2.05) is 0 Å². The molecule has 11 heteroatoms. The van der Waals surface area contributed by atoms with Crippen LogP contribution in [0.15, 0.2) is 9.59 Å². The number of rotatable bonds is 8. The van der Waals surface area contributed by atoms with Crippen LogP contribution in [-0.2, 0) is 35.3 Å². The number of nitrogens with zero attached hydrogens (tertiary/aromatic N) is 3. The van der Waals surface area contributed by atoms with Crippen molar-refractivity contribution in [2.24, 2.45) is 14.1 Å². The van der Waals surface area contributed by atoms with Gasteiger partial charge in [0.15, 0.2) is 5.65 Å². The fraction of sp³-hybridized carbons (Fsp3) is 0.615. The summed E-state index contributed by atoms with van der Waals surface area (Å²) in [6.45, 7) is 0.385. The number of H-pyrrole nitrogens is 1. The minimum Gasteiger partial charge on any atom is -0.384 e. The maximum atomic E-state index is 12.1. The van der Waals surface area contributed by atoms with Crippen molar-refractivity contribution in [2.45, 2.75) is 12.8 Å². The van der Waals surface area contributed by atoms with Crippen LogP contribution in [-0.4, -0.2) is 53.5 Å². The summed E-state index contributed by atoms with van der Waals surface area (Å²) in [5, 5.41) is 0. The average molecular weight is 359 g/mol. The largest absolute Gasteiger partial charge is 0.384 e. The molecule has 0 saturated heterocycles. The first-order chi connectivity index (χ1) is 11.3. The predicted octanol–water partition coefficient (Wildman–Crippen LogP) is -1.54. The molecule has 0 aromatic carbocycles. The summed E-state index contributed by atoms with van der Waals surface area (Å²) >= 11 is 0. The number of aryl methyl sites for hydroxylation is 2. The third-order valence-corrected chi connectivity index (χ3v) is 4.96. The van der Waals surface area contributed by atoms with Crippen molar-refractivity contribution in [3.05, 3.63) is 26.7 Å². The van der Waals surface area contributed by atoms with Gasteiger partial charge in [0.05, 0.1) is 12.4 Å². The monoisotopic (exact) mass is 359 g/mol. The zero-order valence-electron chi connectivity index (χ0n) is 13.8. The van der Waals surface area contributed by atoms with Crippen molar-refractivity contribution in [3.63, 3.8) is 0 Å². The van der Waals surface area contributed by atoms with Crippen molar-refractivity contribution >= 4 is 21.2 Å². The van der Waals surface area contributed by atoms with E-state index in [4.69, 9.17) is 4.74 Å². The predicted molar refractivity (Wildman–Crippen MR) is 88.6 cm³/mol. The van der Waals surface area contributed by atoms with E-state index in [0.29, 0.717) is 24.3 Å². The summed E-state index contributed by atoms with van der Waals surface area (Å²) in [6.07, 6.45) is 0.944. The summed E-state index contributed by atoms with van der Waals surface area (Å²) in [5.74, 6) is 0.436. The van der Waals surface area contributed by atoms with Crippen molar-refractivity contribution in [2.75, 3.05) is 26.0 Å². The SMILES string of the molecule is COCCS(=O)(=O)NCCCc1nc2c([nH]1)c(=O)n(C)c(=O)n2C. The van der Waals surface area contributed by atoms with Crippen molar-refractivity contribution in [3.8, 4) is 0 Å². The Hall–Kier alpha value is -1.98. The highest BCUT2D eigenvalue weighted by Crippen LogP contribution is 2.06. The number of hydrogen-bond acceptors (Lipinski definition) is 6. The quantitative estimate of drug-likeness (QED) is 0.550. The fourth-order valence-corrected chi connectivity index (χ4v) is 3.23. The van der Waals surface area contributed by atoms with E-state index in [1.54, 1.807) is 7.05 Å². The number of nitrogens with one attached hydrogen (secondary N) is 2. The third-order valence-electron chi connectivity index (χ3n) is 3.61. The highest BCUT2D eigenvalue weighted by molar-refractivity contribution is 7.89. The van der Waals surface area contributed by atoms with Crippen LogP contribution in [0.25, 0.3) is 11.2 Å². The van der Waals surface area contributed by atoms with Crippen molar-refractivity contribution < 1.29 is 13.2 Å².